The summed E-state index contributed by atoms with van der Waals surface area (Å²) in [5.74, 6) is -0.0160. The zero-order chi connectivity index (χ0) is 19.8. The number of fused-ring (bicyclic) bond motifs is 2. The van der Waals surface area contributed by atoms with Crippen molar-refractivity contribution in [3.05, 3.63) is 73.4 Å². The van der Waals surface area contributed by atoms with Crippen molar-refractivity contribution in [2.24, 2.45) is 0 Å². The molecule has 0 fully saturated rings. The molecule has 0 unspecified atom stereocenters. The predicted octanol–water partition coefficient (Wildman–Crippen LogP) is 5.68. The lowest BCUT2D eigenvalue weighted by molar-refractivity contribution is 0.0480. The molecule has 0 aliphatic rings. The second-order valence-corrected chi connectivity index (χ2v) is 7.78. The summed E-state index contributed by atoms with van der Waals surface area (Å²) >= 11 is 13.5. The maximum Gasteiger partial charge on any atom is 0.350 e. The standard InChI is InChI=1S/C20H12Cl2O5S/c1-25-12-3-5-13-10(6-17(23)27-15(13)8-12)9-26-20(24)19-18(22)14-4-2-11(21)7-16(14)28-19/h2-8H,9H2,1H3. The lowest BCUT2D eigenvalue weighted by Gasteiger charge is -2.08. The summed E-state index contributed by atoms with van der Waals surface area (Å²) < 4.78 is 16.5. The van der Waals surface area contributed by atoms with Gasteiger partial charge in [0.05, 0.1) is 12.1 Å². The first-order valence-electron chi connectivity index (χ1n) is 8.11. The highest BCUT2D eigenvalue weighted by atomic mass is 35.5. The second-order valence-electron chi connectivity index (χ2n) is 5.91. The molecule has 2 aromatic carbocycles. The van der Waals surface area contributed by atoms with Crippen LogP contribution in [0.15, 0.2) is 51.7 Å². The molecule has 0 bridgehead atoms. The summed E-state index contributed by atoms with van der Waals surface area (Å²) in [6.07, 6.45) is 0. The molecule has 5 nitrogen and oxygen atoms in total. The molecule has 4 rings (SSSR count). The summed E-state index contributed by atoms with van der Waals surface area (Å²) in [6, 6.07) is 11.6. The van der Waals surface area contributed by atoms with Gasteiger partial charge in [-0.2, -0.15) is 0 Å². The average Bonchev–Trinajstić information content (AvgIpc) is 3.00. The van der Waals surface area contributed by atoms with E-state index in [-0.39, 0.29) is 11.5 Å². The third-order valence-electron chi connectivity index (χ3n) is 4.17. The van der Waals surface area contributed by atoms with E-state index in [2.05, 4.69) is 0 Å². The van der Waals surface area contributed by atoms with Crippen LogP contribution in [0, 0.1) is 0 Å². The van der Waals surface area contributed by atoms with E-state index in [9.17, 15) is 9.59 Å². The number of ether oxygens (including phenoxy) is 2. The molecule has 2 aromatic heterocycles. The molecular weight excluding hydrogens is 423 g/mol. The number of thiophene rings is 1. The van der Waals surface area contributed by atoms with Gasteiger partial charge >= 0.3 is 11.6 Å². The van der Waals surface area contributed by atoms with Gasteiger partial charge in [0, 0.05) is 38.2 Å². The van der Waals surface area contributed by atoms with Crippen molar-refractivity contribution in [1.29, 1.82) is 0 Å². The van der Waals surface area contributed by atoms with Crippen LogP contribution in [0.1, 0.15) is 15.2 Å². The van der Waals surface area contributed by atoms with E-state index < -0.39 is 11.6 Å². The normalized spacial score (nSPS) is 11.1. The van der Waals surface area contributed by atoms with Crippen LogP contribution in [0.25, 0.3) is 21.1 Å². The molecule has 4 aromatic rings. The number of methoxy groups -OCH3 is 1. The van der Waals surface area contributed by atoms with Gasteiger partial charge in [0.2, 0.25) is 0 Å². The van der Waals surface area contributed by atoms with Crippen LogP contribution < -0.4 is 10.4 Å². The van der Waals surface area contributed by atoms with Gasteiger partial charge in [-0.1, -0.05) is 29.3 Å². The van der Waals surface area contributed by atoms with Crippen molar-refractivity contribution >= 4 is 61.6 Å². The number of carbonyl (C=O) groups excluding carboxylic acids is 1. The topological polar surface area (TPSA) is 65.7 Å². The third-order valence-corrected chi connectivity index (χ3v) is 6.05. The Hall–Kier alpha value is -2.54. The Morgan fingerprint density at radius 3 is 2.68 bits per heavy atom. The molecule has 0 aliphatic carbocycles. The van der Waals surface area contributed by atoms with Gasteiger partial charge in [0.1, 0.15) is 22.8 Å². The first-order chi connectivity index (χ1) is 13.5. The van der Waals surface area contributed by atoms with Crippen molar-refractivity contribution in [2.45, 2.75) is 6.61 Å². The number of carbonyl (C=O) groups is 1. The van der Waals surface area contributed by atoms with Gasteiger partial charge in [-0.15, -0.1) is 11.3 Å². The molecular formula is C20H12Cl2O5S. The smallest absolute Gasteiger partial charge is 0.350 e. The summed E-state index contributed by atoms with van der Waals surface area (Å²) in [4.78, 5) is 24.7. The van der Waals surface area contributed by atoms with Gasteiger partial charge in [0.25, 0.3) is 0 Å². The van der Waals surface area contributed by atoms with Crippen molar-refractivity contribution in [3.8, 4) is 5.75 Å². The average molecular weight is 435 g/mol. The van der Waals surface area contributed by atoms with E-state index in [0.29, 0.717) is 32.3 Å². The fraction of sp³-hybridized carbons (Fsp3) is 0.100. The summed E-state index contributed by atoms with van der Waals surface area (Å²) in [7, 11) is 1.52. The number of esters is 1. The highest BCUT2D eigenvalue weighted by Gasteiger charge is 2.19. The van der Waals surface area contributed by atoms with Crippen LogP contribution in [-0.4, -0.2) is 13.1 Å². The lowest BCUT2D eigenvalue weighted by Crippen LogP contribution is -2.07. The zero-order valence-electron chi connectivity index (χ0n) is 14.5. The van der Waals surface area contributed by atoms with Crippen molar-refractivity contribution < 1.29 is 18.7 Å². The fourth-order valence-corrected chi connectivity index (χ4v) is 4.51. The maximum absolute atomic E-state index is 12.6. The number of hydrogen-bond donors (Lipinski definition) is 0. The summed E-state index contributed by atoms with van der Waals surface area (Å²) in [6.45, 7) is -0.0986. The number of benzene rings is 2. The monoisotopic (exact) mass is 434 g/mol. The third kappa shape index (κ3) is 3.46. The molecule has 0 amide bonds. The molecule has 0 aliphatic heterocycles. The number of halogens is 2. The van der Waals surface area contributed by atoms with Crippen molar-refractivity contribution in [1.82, 2.24) is 0 Å². The molecule has 0 atom stereocenters. The Bertz CT molecular complexity index is 1280. The van der Waals surface area contributed by atoms with Crippen LogP contribution in [0.5, 0.6) is 5.75 Å². The van der Waals surface area contributed by atoms with Gasteiger partial charge in [-0.25, -0.2) is 9.59 Å². The molecule has 0 N–H and O–H groups in total. The quantitative estimate of drug-likeness (QED) is 0.305. The maximum atomic E-state index is 12.6. The highest BCUT2D eigenvalue weighted by molar-refractivity contribution is 7.21. The molecule has 0 saturated heterocycles. The number of hydrogen-bond acceptors (Lipinski definition) is 6. The van der Waals surface area contributed by atoms with Crippen molar-refractivity contribution in [3.63, 3.8) is 0 Å². The number of rotatable bonds is 4. The molecule has 142 valence electrons. The Balaban J connectivity index is 1.63. The molecule has 28 heavy (non-hydrogen) atoms. The minimum Gasteiger partial charge on any atom is -0.497 e. The van der Waals surface area contributed by atoms with E-state index in [0.717, 1.165) is 10.1 Å². The SMILES string of the molecule is COc1ccc2c(COC(=O)c3sc4cc(Cl)ccc4c3Cl)cc(=O)oc2c1. The van der Waals surface area contributed by atoms with Crippen LogP contribution in [-0.2, 0) is 11.3 Å². The zero-order valence-corrected chi connectivity index (χ0v) is 16.8. The lowest BCUT2D eigenvalue weighted by atomic mass is 10.1. The Labute approximate surface area is 173 Å². The van der Waals surface area contributed by atoms with E-state index in [1.54, 1.807) is 36.4 Å². The Morgan fingerprint density at radius 2 is 1.89 bits per heavy atom. The summed E-state index contributed by atoms with van der Waals surface area (Å²) in [5, 5.41) is 2.27. The summed E-state index contributed by atoms with van der Waals surface area (Å²) in [5.41, 5.74) is 0.344. The molecule has 2 heterocycles. The minimum absolute atomic E-state index is 0.0986. The molecule has 0 radical (unpaired) electrons. The predicted molar refractivity (Wildman–Crippen MR) is 110 cm³/mol. The van der Waals surface area contributed by atoms with E-state index in [4.69, 9.17) is 37.1 Å². The first kappa shape index (κ1) is 18.8. The van der Waals surface area contributed by atoms with Crippen LogP contribution in [0.3, 0.4) is 0 Å². The highest BCUT2D eigenvalue weighted by Crippen LogP contribution is 2.37. The van der Waals surface area contributed by atoms with Gasteiger partial charge in [-0.3, -0.25) is 0 Å². The van der Waals surface area contributed by atoms with Crippen LogP contribution in [0.2, 0.25) is 10.0 Å². The van der Waals surface area contributed by atoms with Gasteiger partial charge in [0.15, 0.2) is 0 Å². The van der Waals surface area contributed by atoms with Gasteiger partial charge < -0.3 is 13.9 Å². The molecule has 8 heteroatoms. The first-order valence-corrected chi connectivity index (χ1v) is 9.69. The minimum atomic E-state index is -0.572. The molecule has 0 saturated carbocycles. The van der Waals surface area contributed by atoms with Gasteiger partial charge in [-0.05, 0) is 24.3 Å². The van der Waals surface area contributed by atoms with Crippen molar-refractivity contribution in [2.75, 3.05) is 7.11 Å². The Morgan fingerprint density at radius 1 is 1.11 bits per heavy atom. The van der Waals surface area contributed by atoms with Crippen LogP contribution in [0.4, 0.5) is 0 Å². The Kier molecular flexibility index (Phi) is 5.02. The van der Waals surface area contributed by atoms with E-state index >= 15 is 0 Å². The largest absolute Gasteiger partial charge is 0.497 e. The van der Waals surface area contributed by atoms with E-state index in [1.165, 1.54) is 24.5 Å². The molecule has 0 spiro atoms. The van der Waals surface area contributed by atoms with E-state index in [1.807, 2.05) is 0 Å². The van der Waals surface area contributed by atoms with Crippen LogP contribution >= 0.6 is 34.5 Å². The fourth-order valence-electron chi connectivity index (χ4n) is 2.84. The second kappa shape index (κ2) is 7.47.